The van der Waals surface area contributed by atoms with Gasteiger partial charge in [-0.1, -0.05) is 82.3 Å². The van der Waals surface area contributed by atoms with E-state index in [4.69, 9.17) is 9.72 Å². The molecule has 4 nitrogen and oxygen atoms in total. The van der Waals surface area contributed by atoms with Gasteiger partial charge in [0.25, 0.3) is 0 Å². The number of hydrogen-bond donors (Lipinski definition) is 1. The Balaban J connectivity index is 1.55. The summed E-state index contributed by atoms with van der Waals surface area (Å²) >= 11 is 0. The van der Waals surface area contributed by atoms with Crippen molar-refractivity contribution in [3.63, 3.8) is 0 Å². The molecule has 38 heavy (non-hydrogen) atoms. The summed E-state index contributed by atoms with van der Waals surface area (Å²) in [5.41, 5.74) is 8.13. The first kappa shape index (κ1) is 22.4. The first-order valence-corrected chi connectivity index (χ1v) is 13.6. The quantitative estimate of drug-likeness (QED) is 0.216. The Labute approximate surface area is 222 Å². The summed E-state index contributed by atoms with van der Waals surface area (Å²) in [5.74, 6) is -0.210. The fourth-order valence-electron chi connectivity index (χ4n) is 7.61. The number of nitrogens with zero attached hydrogens (tertiary/aromatic N) is 2. The first-order valence-electron chi connectivity index (χ1n) is 13.6. The van der Waals surface area contributed by atoms with Crippen molar-refractivity contribution in [3.8, 4) is 22.5 Å². The third-order valence-electron chi connectivity index (χ3n) is 9.33. The van der Waals surface area contributed by atoms with Gasteiger partial charge < -0.3 is 9.84 Å². The highest BCUT2D eigenvalue weighted by Gasteiger charge is 2.74. The SMILES string of the molecule is COC1(O)C2c3cc4ccccc4cc3-c3c4c(nc(C(C)C)[n+]3C21)-c1ccc2ccccc2c1C4(C)C. The average Bonchev–Trinajstić information content (AvgIpc) is 3.48. The molecule has 4 aromatic carbocycles. The van der Waals surface area contributed by atoms with E-state index in [1.807, 2.05) is 0 Å². The third-order valence-corrected chi connectivity index (χ3v) is 9.33. The Morgan fingerprint density at radius 1 is 0.868 bits per heavy atom. The molecule has 3 unspecified atom stereocenters. The predicted octanol–water partition coefficient (Wildman–Crippen LogP) is 6.76. The van der Waals surface area contributed by atoms with Crippen molar-refractivity contribution >= 4 is 21.5 Å². The van der Waals surface area contributed by atoms with E-state index in [2.05, 4.69) is 105 Å². The van der Waals surface area contributed by atoms with Gasteiger partial charge in [-0.15, -0.1) is 0 Å². The Morgan fingerprint density at radius 2 is 1.55 bits per heavy atom. The lowest BCUT2D eigenvalue weighted by molar-refractivity contribution is -0.713. The molecule has 5 aromatic rings. The predicted molar refractivity (Wildman–Crippen MR) is 150 cm³/mol. The normalized spacial score (nSPS) is 23.7. The zero-order valence-corrected chi connectivity index (χ0v) is 22.4. The zero-order chi connectivity index (χ0) is 26.1. The molecular formula is C34H31N2O2+. The lowest BCUT2D eigenvalue weighted by atomic mass is 9.77. The minimum atomic E-state index is -1.25. The lowest BCUT2D eigenvalue weighted by Crippen LogP contribution is -2.48. The van der Waals surface area contributed by atoms with Crippen molar-refractivity contribution in [3.05, 3.63) is 95.3 Å². The minimum Gasteiger partial charge on any atom is -0.362 e. The molecule has 0 saturated heterocycles. The molecule has 1 saturated carbocycles. The molecule has 0 bridgehead atoms. The van der Waals surface area contributed by atoms with E-state index >= 15 is 0 Å². The van der Waals surface area contributed by atoms with Gasteiger partial charge in [0, 0.05) is 23.7 Å². The highest BCUT2D eigenvalue weighted by Crippen LogP contribution is 2.65. The molecule has 0 amide bonds. The molecule has 1 aromatic heterocycles. The van der Waals surface area contributed by atoms with Gasteiger partial charge in [-0.3, -0.25) is 0 Å². The molecule has 0 spiro atoms. The van der Waals surface area contributed by atoms with Crippen molar-refractivity contribution in [2.75, 3.05) is 7.11 Å². The van der Waals surface area contributed by atoms with Crippen LogP contribution in [0.25, 0.3) is 44.1 Å². The van der Waals surface area contributed by atoms with Crippen LogP contribution in [0.5, 0.6) is 0 Å². The van der Waals surface area contributed by atoms with Gasteiger partial charge in [0.1, 0.15) is 5.69 Å². The third kappa shape index (κ3) is 2.53. The van der Waals surface area contributed by atoms with Gasteiger partial charge in [-0.05, 0) is 55.9 Å². The van der Waals surface area contributed by atoms with Crippen LogP contribution in [-0.2, 0) is 10.2 Å². The summed E-state index contributed by atoms with van der Waals surface area (Å²) in [5, 5.41) is 16.7. The molecule has 4 heteroatoms. The van der Waals surface area contributed by atoms with E-state index in [0.717, 1.165) is 17.1 Å². The Hall–Kier alpha value is -3.60. The van der Waals surface area contributed by atoms with Crippen molar-refractivity contribution in [2.24, 2.45) is 0 Å². The number of ether oxygens (including phenoxy) is 1. The fourth-order valence-corrected chi connectivity index (χ4v) is 7.61. The largest absolute Gasteiger partial charge is 0.362 e. The second-order valence-corrected chi connectivity index (χ2v) is 12.1. The van der Waals surface area contributed by atoms with Crippen molar-refractivity contribution in [1.82, 2.24) is 4.98 Å². The van der Waals surface area contributed by atoms with Crippen molar-refractivity contribution < 1.29 is 14.4 Å². The van der Waals surface area contributed by atoms with E-state index in [1.54, 1.807) is 7.11 Å². The molecule has 188 valence electrons. The Bertz CT molecular complexity index is 1850. The number of fused-ring (bicyclic) bond motifs is 13. The second-order valence-electron chi connectivity index (χ2n) is 12.1. The number of benzene rings is 4. The van der Waals surface area contributed by atoms with E-state index in [9.17, 15) is 5.11 Å². The zero-order valence-electron chi connectivity index (χ0n) is 22.4. The lowest BCUT2D eigenvalue weighted by Gasteiger charge is -2.27. The van der Waals surface area contributed by atoms with Crippen molar-refractivity contribution in [2.45, 2.75) is 56.8 Å². The maximum absolute atomic E-state index is 11.8. The smallest absolute Gasteiger partial charge is 0.302 e. The average molecular weight is 500 g/mol. The van der Waals surface area contributed by atoms with Gasteiger partial charge in [0.2, 0.25) is 5.79 Å². The Kier molecular flexibility index (Phi) is 4.17. The summed E-state index contributed by atoms with van der Waals surface area (Å²) in [4.78, 5) is 5.42. The molecule has 3 aliphatic rings. The van der Waals surface area contributed by atoms with Gasteiger partial charge >= 0.3 is 5.82 Å². The van der Waals surface area contributed by atoms with Crippen LogP contribution in [0.4, 0.5) is 0 Å². The number of hydrogen-bond acceptors (Lipinski definition) is 3. The van der Waals surface area contributed by atoms with Gasteiger partial charge in [-0.25, -0.2) is 4.57 Å². The summed E-state index contributed by atoms with van der Waals surface area (Å²) in [6.45, 7) is 9.07. The number of rotatable bonds is 2. The summed E-state index contributed by atoms with van der Waals surface area (Å²) in [6, 6.07) is 26.1. The van der Waals surface area contributed by atoms with E-state index < -0.39 is 5.79 Å². The minimum absolute atomic E-state index is 0.130. The molecular weight excluding hydrogens is 468 g/mol. The molecule has 2 aliphatic carbocycles. The first-order chi connectivity index (χ1) is 18.3. The van der Waals surface area contributed by atoms with Crippen molar-refractivity contribution in [1.29, 1.82) is 0 Å². The molecule has 1 fully saturated rings. The van der Waals surface area contributed by atoms with Gasteiger partial charge in [0.15, 0.2) is 11.7 Å². The topological polar surface area (TPSA) is 46.2 Å². The highest BCUT2D eigenvalue weighted by molar-refractivity contribution is 5.99. The maximum atomic E-state index is 11.8. The molecule has 1 aliphatic heterocycles. The molecule has 1 N–H and O–H groups in total. The summed E-state index contributed by atoms with van der Waals surface area (Å²) < 4.78 is 8.19. The van der Waals surface area contributed by atoms with Crippen LogP contribution < -0.4 is 4.57 Å². The summed E-state index contributed by atoms with van der Waals surface area (Å²) in [7, 11) is 1.63. The van der Waals surface area contributed by atoms with Gasteiger partial charge in [-0.2, -0.15) is 0 Å². The maximum Gasteiger partial charge on any atom is 0.302 e. The number of aromatic nitrogens is 2. The van der Waals surface area contributed by atoms with Crippen LogP contribution in [0, 0.1) is 0 Å². The van der Waals surface area contributed by atoms with Gasteiger partial charge in [0.05, 0.1) is 17.4 Å². The number of methoxy groups -OCH3 is 1. The van der Waals surface area contributed by atoms with Crippen LogP contribution in [-0.4, -0.2) is 23.0 Å². The summed E-state index contributed by atoms with van der Waals surface area (Å²) in [6.07, 6.45) is 0. The molecule has 2 heterocycles. The Morgan fingerprint density at radius 3 is 2.26 bits per heavy atom. The van der Waals surface area contributed by atoms with Crippen LogP contribution >= 0.6 is 0 Å². The standard InChI is InChI=1S/C34H31N2O2/c1-18(2)32-35-29-23-15-14-19-10-8-9-13-22(19)26(23)33(3,4)28(29)30-25-17-21-12-7-6-11-20(21)16-24(25)27-31(36(30)32)34(27,37)38-5/h6-18,27,31,37H,1-5H3/q+1. The van der Waals surface area contributed by atoms with E-state index in [0.29, 0.717) is 0 Å². The van der Waals surface area contributed by atoms with Crippen LogP contribution in [0.2, 0.25) is 0 Å². The second kappa shape index (κ2) is 7.07. The fraction of sp³-hybridized carbons (Fsp3) is 0.294. The highest BCUT2D eigenvalue weighted by atomic mass is 16.6. The molecule has 8 rings (SSSR count). The molecule has 0 radical (unpaired) electrons. The van der Waals surface area contributed by atoms with Crippen LogP contribution in [0.1, 0.15) is 68.1 Å². The van der Waals surface area contributed by atoms with Crippen LogP contribution in [0.3, 0.4) is 0 Å². The van der Waals surface area contributed by atoms with Crippen LogP contribution in [0.15, 0.2) is 72.8 Å². The monoisotopic (exact) mass is 499 g/mol. The van der Waals surface area contributed by atoms with E-state index in [-0.39, 0.29) is 23.3 Å². The number of aliphatic hydroxyl groups is 1. The van der Waals surface area contributed by atoms with E-state index in [1.165, 1.54) is 49.5 Å². The molecule has 3 atom stereocenters.